The molecule has 3 heterocycles. The van der Waals surface area contributed by atoms with Crippen LogP contribution in [0.4, 0.5) is 0 Å². The quantitative estimate of drug-likeness (QED) is 0.565. The van der Waals surface area contributed by atoms with Gasteiger partial charge in [0.05, 0.1) is 18.3 Å². The van der Waals surface area contributed by atoms with E-state index < -0.39 is 0 Å². The van der Waals surface area contributed by atoms with Crippen LogP contribution in [0.5, 0.6) is 5.75 Å². The lowest BCUT2D eigenvalue weighted by atomic mass is 10.0. The molecule has 130 valence electrons. The highest BCUT2D eigenvalue weighted by Gasteiger charge is 2.18. The van der Waals surface area contributed by atoms with Crippen LogP contribution in [0.15, 0.2) is 48.9 Å². The second-order valence-corrected chi connectivity index (χ2v) is 6.01. The Morgan fingerprint density at radius 1 is 1.08 bits per heavy atom. The first-order valence-electron chi connectivity index (χ1n) is 8.49. The molecule has 1 aromatic carbocycles. The molecule has 26 heavy (non-hydrogen) atoms. The molecule has 0 atom stereocenters. The van der Waals surface area contributed by atoms with E-state index in [1.807, 2.05) is 49.6 Å². The Kier molecular flexibility index (Phi) is 4.08. The molecule has 4 rings (SSSR count). The number of aryl methyl sites for hydroxylation is 2. The largest absolute Gasteiger partial charge is 0.495 e. The van der Waals surface area contributed by atoms with E-state index in [0.29, 0.717) is 0 Å². The lowest BCUT2D eigenvalue weighted by molar-refractivity contribution is 0.408. The number of pyridine rings is 1. The summed E-state index contributed by atoms with van der Waals surface area (Å²) in [6.45, 7) is 2.06. The van der Waals surface area contributed by atoms with Gasteiger partial charge in [0, 0.05) is 30.4 Å². The highest BCUT2D eigenvalue weighted by Crippen LogP contribution is 2.34. The average Bonchev–Trinajstić information content (AvgIpc) is 3.08. The summed E-state index contributed by atoms with van der Waals surface area (Å²) in [5, 5.41) is 4.64. The molecular formula is C20H19N5O. The first kappa shape index (κ1) is 16.2. The van der Waals surface area contributed by atoms with Crippen LogP contribution in [0.1, 0.15) is 12.6 Å². The summed E-state index contributed by atoms with van der Waals surface area (Å²) >= 11 is 0. The zero-order valence-electron chi connectivity index (χ0n) is 15.0. The number of ether oxygens (including phenoxy) is 1. The summed E-state index contributed by atoms with van der Waals surface area (Å²) in [6, 6.07) is 12.0. The molecule has 3 aromatic heterocycles. The smallest absolute Gasteiger partial charge is 0.142 e. The highest BCUT2D eigenvalue weighted by molar-refractivity contribution is 5.93. The lowest BCUT2D eigenvalue weighted by Crippen LogP contribution is -1.99. The third-order valence-corrected chi connectivity index (χ3v) is 4.34. The molecule has 0 spiro atoms. The number of benzene rings is 1. The molecule has 0 unspecified atom stereocenters. The Labute approximate surface area is 151 Å². The van der Waals surface area contributed by atoms with E-state index in [-0.39, 0.29) is 0 Å². The molecule has 0 saturated heterocycles. The van der Waals surface area contributed by atoms with Crippen LogP contribution in [0.25, 0.3) is 33.5 Å². The molecular weight excluding hydrogens is 326 g/mol. The molecule has 6 heteroatoms. The van der Waals surface area contributed by atoms with Gasteiger partial charge in [-0.2, -0.15) is 5.10 Å². The fourth-order valence-electron chi connectivity index (χ4n) is 3.10. The molecule has 6 nitrogen and oxygen atoms in total. The maximum absolute atomic E-state index is 5.45. The Balaban J connectivity index is 1.99. The van der Waals surface area contributed by atoms with Crippen LogP contribution in [0.3, 0.4) is 0 Å². The van der Waals surface area contributed by atoms with E-state index in [1.165, 1.54) is 0 Å². The van der Waals surface area contributed by atoms with E-state index in [0.717, 1.165) is 51.4 Å². The SMILES string of the molecule is CCc1nc2c(-c3cn(C)nc3-c3ccccc3)ncnc2cc1OC. The zero-order chi connectivity index (χ0) is 18.1. The van der Waals surface area contributed by atoms with Crippen molar-refractivity contribution >= 4 is 11.0 Å². The normalized spacial score (nSPS) is 11.0. The van der Waals surface area contributed by atoms with Gasteiger partial charge in [-0.15, -0.1) is 0 Å². The van der Waals surface area contributed by atoms with Crippen LogP contribution < -0.4 is 4.74 Å². The summed E-state index contributed by atoms with van der Waals surface area (Å²) in [4.78, 5) is 13.7. The Hall–Kier alpha value is -3.28. The molecule has 0 amide bonds. The van der Waals surface area contributed by atoms with Gasteiger partial charge in [0.25, 0.3) is 0 Å². The minimum Gasteiger partial charge on any atom is -0.495 e. The van der Waals surface area contributed by atoms with Gasteiger partial charge in [-0.25, -0.2) is 15.0 Å². The number of hydrogen-bond acceptors (Lipinski definition) is 5. The van der Waals surface area contributed by atoms with Crippen molar-refractivity contribution in [2.75, 3.05) is 7.11 Å². The molecule has 4 aromatic rings. The maximum atomic E-state index is 5.45. The number of rotatable bonds is 4. The van der Waals surface area contributed by atoms with E-state index in [2.05, 4.69) is 22.0 Å². The predicted molar refractivity (Wildman–Crippen MR) is 101 cm³/mol. The number of fused-ring (bicyclic) bond motifs is 1. The molecule has 0 fully saturated rings. The minimum absolute atomic E-state index is 0.749. The van der Waals surface area contributed by atoms with Crippen molar-refractivity contribution < 1.29 is 4.74 Å². The van der Waals surface area contributed by atoms with Crippen molar-refractivity contribution in [1.29, 1.82) is 0 Å². The van der Waals surface area contributed by atoms with Crippen LogP contribution >= 0.6 is 0 Å². The van der Waals surface area contributed by atoms with Gasteiger partial charge >= 0.3 is 0 Å². The molecule has 0 radical (unpaired) electrons. The van der Waals surface area contributed by atoms with E-state index >= 15 is 0 Å². The summed E-state index contributed by atoms with van der Waals surface area (Å²) in [7, 11) is 3.56. The Morgan fingerprint density at radius 3 is 2.62 bits per heavy atom. The average molecular weight is 345 g/mol. The van der Waals surface area contributed by atoms with E-state index in [1.54, 1.807) is 18.1 Å². The van der Waals surface area contributed by atoms with Crippen LogP contribution in [-0.4, -0.2) is 31.8 Å². The first-order valence-corrected chi connectivity index (χ1v) is 8.49. The van der Waals surface area contributed by atoms with Crippen LogP contribution in [0.2, 0.25) is 0 Å². The van der Waals surface area contributed by atoms with Crippen LogP contribution in [-0.2, 0) is 13.5 Å². The summed E-state index contributed by atoms with van der Waals surface area (Å²) in [5.74, 6) is 0.749. The monoisotopic (exact) mass is 345 g/mol. The molecule has 0 bridgehead atoms. The highest BCUT2D eigenvalue weighted by atomic mass is 16.5. The zero-order valence-corrected chi connectivity index (χ0v) is 15.0. The Bertz CT molecular complexity index is 1070. The number of aromatic nitrogens is 5. The molecule has 0 saturated carbocycles. The number of nitrogens with zero attached hydrogens (tertiary/aromatic N) is 5. The van der Waals surface area contributed by atoms with Crippen molar-refractivity contribution in [3.63, 3.8) is 0 Å². The van der Waals surface area contributed by atoms with Gasteiger partial charge in [0.1, 0.15) is 29.0 Å². The summed E-state index contributed by atoms with van der Waals surface area (Å²) < 4.78 is 7.25. The van der Waals surface area contributed by atoms with Gasteiger partial charge in [-0.05, 0) is 6.42 Å². The van der Waals surface area contributed by atoms with Gasteiger partial charge in [0.15, 0.2) is 0 Å². The van der Waals surface area contributed by atoms with Crippen molar-refractivity contribution in [3.05, 3.63) is 54.6 Å². The molecule has 0 aliphatic heterocycles. The van der Waals surface area contributed by atoms with E-state index in [4.69, 9.17) is 9.72 Å². The van der Waals surface area contributed by atoms with Gasteiger partial charge in [-0.1, -0.05) is 37.3 Å². The summed E-state index contributed by atoms with van der Waals surface area (Å²) in [6.07, 6.45) is 4.31. The Morgan fingerprint density at radius 2 is 1.88 bits per heavy atom. The first-order chi connectivity index (χ1) is 12.7. The third kappa shape index (κ3) is 2.69. The lowest BCUT2D eigenvalue weighted by Gasteiger charge is -2.10. The second-order valence-electron chi connectivity index (χ2n) is 6.01. The van der Waals surface area contributed by atoms with E-state index in [9.17, 15) is 0 Å². The fraction of sp³-hybridized carbons (Fsp3) is 0.200. The van der Waals surface area contributed by atoms with Gasteiger partial charge in [0.2, 0.25) is 0 Å². The number of hydrogen-bond donors (Lipinski definition) is 0. The van der Waals surface area contributed by atoms with Gasteiger partial charge < -0.3 is 4.74 Å². The fourth-order valence-corrected chi connectivity index (χ4v) is 3.10. The summed E-state index contributed by atoms with van der Waals surface area (Å²) in [5.41, 5.74) is 6.04. The van der Waals surface area contributed by atoms with Crippen LogP contribution in [0, 0.1) is 0 Å². The number of methoxy groups -OCH3 is 1. The third-order valence-electron chi connectivity index (χ3n) is 4.34. The maximum Gasteiger partial charge on any atom is 0.142 e. The standard InChI is InChI=1S/C20H19N5O/c1-4-15-17(26-3)10-16-20(23-15)19(22-12-21-16)14-11-25(2)24-18(14)13-8-6-5-7-9-13/h5-12H,4H2,1-3H3. The minimum atomic E-state index is 0.749. The predicted octanol–water partition coefficient (Wildman–Crippen LogP) is 3.66. The molecule has 0 aliphatic rings. The van der Waals surface area contributed by atoms with Crippen molar-refractivity contribution in [1.82, 2.24) is 24.7 Å². The molecule has 0 aliphatic carbocycles. The van der Waals surface area contributed by atoms with Crippen molar-refractivity contribution in [2.24, 2.45) is 7.05 Å². The second kappa shape index (κ2) is 6.55. The van der Waals surface area contributed by atoms with Crippen molar-refractivity contribution in [3.8, 4) is 28.3 Å². The van der Waals surface area contributed by atoms with Crippen molar-refractivity contribution in [2.45, 2.75) is 13.3 Å². The topological polar surface area (TPSA) is 65.7 Å². The van der Waals surface area contributed by atoms with Gasteiger partial charge in [-0.3, -0.25) is 4.68 Å². The molecule has 0 N–H and O–H groups in total.